The molecule has 1 aliphatic heterocycles. The zero-order chi connectivity index (χ0) is 26.2. The molecule has 2 amide bonds. The number of amides is 2. The van der Waals surface area contributed by atoms with Crippen LogP contribution in [0.1, 0.15) is 55.4 Å². The van der Waals surface area contributed by atoms with Gasteiger partial charge in [0.15, 0.2) is 5.82 Å². The Morgan fingerprint density at radius 1 is 0.973 bits per heavy atom. The summed E-state index contributed by atoms with van der Waals surface area (Å²) in [5.74, 6) is 1.23. The molecule has 0 atom stereocenters. The lowest BCUT2D eigenvalue weighted by Gasteiger charge is -2.20. The number of aryl methyl sites for hydroxylation is 1. The first-order valence-electron chi connectivity index (χ1n) is 12.7. The van der Waals surface area contributed by atoms with E-state index in [0.717, 1.165) is 35.9 Å². The molecule has 190 valence electrons. The number of ether oxygens (including phenoxy) is 1. The number of anilines is 2. The number of hydrogen-bond acceptors (Lipinski definition) is 4. The summed E-state index contributed by atoms with van der Waals surface area (Å²) in [5.41, 5.74) is 2.40. The third-order valence-electron chi connectivity index (χ3n) is 6.84. The Bertz CT molecular complexity index is 1460. The van der Waals surface area contributed by atoms with Gasteiger partial charge in [0.1, 0.15) is 5.82 Å². The highest BCUT2D eigenvalue weighted by Crippen LogP contribution is 2.34. The lowest BCUT2D eigenvalue weighted by molar-refractivity contribution is 0.0993. The monoisotopic (exact) mass is 496 g/mol. The maximum absolute atomic E-state index is 13.6. The minimum absolute atomic E-state index is 0.0196. The Kier molecular flexibility index (Phi) is 6.46. The van der Waals surface area contributed by atoms with Crippen LogP contribution in [0.15, 0.2) is 66.7 Å². The van der Waals surface area contributed by atoms with E-state index in [4.69, 9.17) is 9.72 Å². The second kappa shape index (κ2) is 9.73. The molecule has 4 aromatic rings. The fourth-order valence-corrected chi connectivity index (χ4v) is 4.74. The Morgan fingerprint density at radius 3 is 2.46 bits per heavy atom. The third kappa shape index (κ3) is 4.94. The summed E-state index contributed by atoms with van der Waals surface area (Å²) in [6.45, 7) is 7.11. The van der Waals surface area contributed by atoms with Crippen molar-refractivity contribution in [3.63, 3.8) is 0 Å². The predicted octanol–water partition coefficient (Wildman–Crippen LogP) is 6.56. The minimum Gasteiger partial charge on any atom is -0.389 e. The fraction of sp³-hybridized carbons (Fsp3) is 0.300. The lowest BCUT2D eigenvalue weighted by atomic mass is 9.87. The van der Waals surface area contributed by atoms with E-state index in [1.54, 1.807) is 7.05 Å². The van der Waals surface area contributed by atoms with Crippen LogP contribution in [-0.2, 0) is 18.4 Å². The molecule has 0 fully saturated rings. The van der Waals surface area contributed by atoms with Gasteiger partial charge in [0.2, 0.25) is 5.88 Å². The smallest absolute Gasteiger partial charge is 0.389 e. The molecule has 0 saturated carbocycles. The van der Waals surface area contributed by atoms with E-state index in [-0.39, 0.29) is 17.2 Å². The molecule has 3 aromatic carbocycles. The summed E-state index contributed by atoms with van der Waals surface area (Å²) in [5, 5.41) is 4.66. The third-order valence-corrected chi connectivity index (χ3v) is 6.84. The fourth-order valence-electron chi connectivity index (χ4n) is 4.74. The van der Waals surface area contributed by atoms with Crippen LogP contribution >= 0.6 is 0 Å². The Labute approximate surface area is 217 Å². The number of benzene rings is 3. The molecule has 1 aromatic heterocycles. The van der Waals surface area contributed by atoms with Gasteiger partial charge in [-0.25, -0.2) is 9.78 Å². The zero-order valence-corrected chi connectivity index (χ0v) is 21.7. The first-order chi connectivity index (χ1) is 17.7. The molecule has 0 bridgehead atoms. The van der Waals surface area contributed by atoms with Crippen LogP contribution in [-0.4, -0.2) is 28.6 Å². The SMILES string of the molecule is CN(C(=O)c1cccc2ccccc12)c1nc2n(c1OC(=O)Nc1ccc(C(C)(C)C)cc1)CCCC2. The number of nitrogens with one attached hydrogen (secondary N) is 1. The van der Waals surface area contributed by atoms with Crippen molar-refractivity contribution in [2.75, 3.05) is 17.3 Å². The Morgan fingerprint density at radius 2 is 1.70 bits per heavy atom. The second-order valence-electron chi connectivity index (χ2n) is 10.5. The van der Waals surface area contributed by atoms with Crippen LogP contribution in [0.25, 0.3) is 10.8 Å². The standard InChI is InChI=1S/C30H32N4O3/c1-30(2,3)21-15-17-22(18-16-21)31-29(36)37-28-26(32-25-14-7-8-19-34(25)28)33(4)27(35)24-13-9-11-20-10-5-6-12-23(20)24/h5-6,9-13,15-18H,7-8,14,19H2,1-4H3,(H,31,36). The van der Waals surface area contributed by atoms with Gasteiger partial charge < -0.3 is 4.74 Å². The molecule has 0 aliphatic carbocycles. The van der Waals surface area contributed by atoms with Crippen molar-refractivity contribution in [3.05, 3.63) is 83.7 Å². The molecule has 0 unspecified atom stereocenters. The molecular weight excluding hydrogens is 464 g/mol. The maximum Gasteiger partial charge on any atom is 0.418 e. The van der Waals surface area contributed by atoms with E-state index in [1.807, 2.05) is 71.3 Å². The number of fused-ring (bicyclic) bond motifs is 2. The lowest BCUT2D eigenvalue weighted by Crippen LogP contribution is -2.28. The summed E-state index contributed by atoms with van der Waals surface area (Å²) in [6, 6.07) is 21.2. The van der Waals surface area contributed by atoms with Crippen molar-refractivity contribution in [1.29, 1.82) is 0 Å². The predicted molar refractivity (Wildman–Crippen MR) is 147 cm³/mol. The van der Waals surface area contributed by atoms with Crippen LogP contribution in [0.4, 0.5) is 16.3 Å². The quantitative estimate of drug-likeness (QED) is 0.347. The van der Waals surface area contributed by atoms with Gasteiger partial charge in [-0.15, -0.1) is 0 Å². The van der Waals surface area contributed by atoms with Crippen molar-refractivity contribution in [2.24, 2.45) is 0 Å². The number of carbonyl (C=O) groups is 2. The zero-order valence-electron chi connectivity index (χ0n) is 21.7. The maximum atomic E-state index is 13.6. The summed E-state index contributed by atoms with van der Waals surface area (Å²) < 4.78 is 7.75. The Hall–Kier alpha value is -4.13. The van der Waals surface area contributed by atoms with Crippen molar-refractivity contribution in [3.8, 4) is 5.88 Å². The van der Waals surface area contributed by atoms with E-state index in [9.17, 15) is 9.59 Å². The highest BCUT2D eigenvalue weighted by molar-refractivity contribution is 6.14. The molecule has 0 radical (unpaired) electrons. The molecule has 1 N–H and O–H groups in total. The highest BCUT2D eigenvalue weighted by Gasteiger charge is 2.29. The number of nitrogens with zero attached hydrogens (tertiary/aromatic N) is 3. The number of aromatic nitrogens is 2. The van der Waals surface area contributed by atoms with Crippen LogP contribution in [0.2, 0.25) is 0 Å². The van der Waals surface area contributed by atoms with E-state index in [1.165, 1.54) is 10.5 Å². The first kappa shape index (κ1) is 24.6. The number of carbonyl (C=O) groups excluding carboxylic acids is 2. The molecule has 0 spiro atoms. The number of rotatable bonds is 4. The number of imidazole rings is 1. The normalized spacial score (nSPS) is 13.2. The largest absolute Gasteiger partial charge is 0.418 e. The highest BCUT2D eigenvalue weighted by atomic mass is 16.6. The van der Waals surface area contributed by atoms with Crippen molar-refractivity contribution >= 4 is 34.3 Å². The van der Waals surface area contributed by atoms with Gasteiger partial charge in [0, 0.05) is 31.3 Å². The average molecular weight is 497 g/mol. The molecule has 5 rings (SSSR count). The van der Waals surface area contributed by atoms with Gasteiger partial charge in [0.25, 0.3) is 5.91 Å². The molecule has 7 heteroatoms. The van der Waals surface area contributed by atoms with E-state index in [2.05, 4.69) is 26.1 Å². The van der Waals surface area contributed by atoms with Crippen molar-refractivity contribution < 1.29 is 14.3 Å². The summed E-state index contributed by atoms with van der Waals surface area (Å²) in [4.78, 5) is 32.8. The van der Waals surface area contributed by atoms with Crippen molar-refractivity contribution in [2.45, 2.75) is 52.0 Å². The summed E-state index contributed by atoms with van der Waals surface area (Å²) in [7, 11) is 1.68. The van der Waals surface area contributed by atoms with Gasteiger partial charge >= 0.3 is 6.09 Å². The average Bonchev–Trinajstić information content (AvgIpc) is 3.25. The van der Waals surface area contributed by atoms with E-state index < -0.39 is 6.09 Å². The van der Waals surface area contributed by atoms with Crippen molar-refractivity contribution in [1.82, 2.24) is 9.55 Å². The van der Waals surface area contributed by atoms with Gasteiger partial charge in [-0.3, -0.25) is 19.6 Å². The van der Waals surface area contributed by atoms with E-state index in [0.29, 0.717) is 23.6 Å². The van der Waals surface area contributed by atoms with E-state index >= 15 is 0 Å². The first-order valence-corrected chi connectivity index (χ1v) is 12.7. The molecule has 0 saturated heterocycles. The Balaban J connectivity index is 1.43. The minimum atomic E-state index is -0.621. The van der Waals surface area contributed by atoms with Gasteiger partial charge in [0.05, 0.1) is 0 Å². The molecule has 2 heterocycles. The summed E-state index contributed by atoms with van der Waals surface area (Å²) >= 11 is 0. The van der Waals surface area contributed by atoms with Gasteiger partial charge in [-0.2, -0.15) is 0 Å². The van der Waals surface area contributed by atoms with Crippen LogP contribution in [0.5, 0.6) is 5.88 Å². The molecule has 7 nitrogen and oxygen atoms in total. The van der Waals surface area contributed by atoms with Crippen LogP contribution < -0.4 is 15.0 Å². The van der Waals surface area contributed by atoms with Crippen LogP contribution in [0.3, 0.4) is 0 Å². The van der Waals surface area contributed by atoms with Crippen LogP contribution in [0, 0.1) is 0 Å². The summed E-state index contributed by atoms with van der Waals surface area (Å²) in [6.07, 6.45) is 2.10. The van der Waals surface area contributed by atoms with Gasteiger partial charge in [-0.05, 0) is 52.8 Å². The topological polar surface area (TPSA) is 76.5 Å². The molecule has 37 heavy (non-hydrogen) atoms. The molecule has 1 aliphatic rings. The second-order valence-corrected chi connectivity index (χ2v) is 10.5. The molecular formula is C30H32N4O3. The van der Waals surface area contributed by atoms with Gasteiger partial charge in [-0.1, -0.05) is 69.3 Å². The number of hydrogen-bond donors (Lipinski definition) is 1.